The van der Waals surface area contributed by atoms with E-state index in [1.54, 1.807) is 6.07 Å². The number of rotatable bonds is 3. The molecule has 13 heavy (non-hydrogen) atoms. The molecule has 0 unspecified atom stereocenters. The predicted molar refractivity (Wildman–Crippen MR) is 50.9 cm³/mol. The third-order valence-electron chi connectivity index (χ3n) is 1.62. The van der Waals surface area contributed by atoms with Crippen LogP contribution in [0.3, 0.4) is 0 Å². The summed E-state index contributed by atoms with van der Waals surface area (Å²) in [5, 5.41) is 0. The zero-order valence-electron chi connectivity index (χ0n) is 7.18. The van der Waals surface area contributed by atoms with E-state index in [9.17, 15) is 9.18 Å². The van der Waals surface area contributed by atoms with E-state index >= 15 is 0 Å². The van der Waals surface area contributed by atoms with Gasteiger partial charge in [0.1, 0.15) is 5.78 Å². The molecular weight excluding hydrogens is 237 g/mol. The number of nitrogens with zero attached hydrogens (tertiary/aromatic N) is 1. The van der Waals surface area contributed by atoms with E-state index in [4.69, 9.17) is 0 Å². The minimum atomic E-state index is -0.496. The fourth-order valence-corrected chi connectivity index (χ4v) is 1.33. The zero-order chi connectivity index (χ0) is 9.84. The summed E-state index contributed by atoms with van der Waals surface area (Å²) in [4.78, 5) is 14.2. The van der Waals surface area contributed by atoms with E-state index in [0.29, 0.717) is 18.4 Å². The van der Waals surface area contributed by atoms with Crippen LogP contribution in [0.5, 0.6) is 0 Å². The van der Waals surface area contributed by atoms with Crippen LogP contribution in [0.25, 0.3) is 0 Å². The first-order valence-corrected chi connectivity index (χ1v) is 4.68. The first-order chi connectivity index (χ1) is 6.09. The normalized spacial score (nSPS) is 10.1. The fraction of sp³-hybridized carbons (Fsp3) is 0.333. The van der Waals surface area contributed by atoms with Gasteiger partial charge in [-0.15, -0.1) is 0 Å². The molecule has 0 aliphatic heterocycles. The molecule has 0 aliphatic rings. The number of pyridine rings is 1. The Balaban J connectivity index is 2.75. The van der Waals surface area contributed by atoms with Gasteiger partial charge in [-0.25, -0.2) is 4.98 Å². The predicted octanol–water partition coefficient (Wildman–Crippen LogP) is 2.50. The molecule has 0 saturated heterocycles. The van der Waals surface area contributed by atoms with Gasteiger partial charge in [-0.1, -0.05) is 0 Å². The summed E-state index contributed by atoms with van der Waals surface area (Å²) in [6, 6.07) is 1.64. The van der Waals surface area contributed by atoms with E-state index in [2.05, 4.69) is 20.9 Å². The van der Waals surface area contributed by atoms with Gasteiger partial charge in [0.2, 0.25) is 5.95 Å². The van der Waals surface area contributed by atoms with E-state index < -0.39 is 5.95 Å². The number of Topliss-reactive ketones (excluding diaryl/α,β-unsaturated/α-hetero) is 1. The van der Waals surface area contributed by atoms with Crippen molar-refractivity contribution in [1.29, 1.82) is 0 Å². The Kier molecular flexibility index (Phi) is 3.54. The summed E-state index contributed by atoms with van der Waals surface area (Å²) in [6.45, 7) is 1.49. The summed E-state index contributed by atoms with van der Waals surface area (Å²) in [5.41, 5.74) is 0.476. The van der Waals surface area contributed by atoms with Crippen LogP contribution in [0.15, 0.2) is 16.7 Å². The Morgan fingerprint density at radius 2 is 2.38 bits per heavy atom. The number of ketones is 1. The van der Waals surface area contributed by atoms with Gasteiger partial charge in [-0.3, -0.25) is 0 Å². The van der Waals surface area contributed by atoms with Gasteiger partial charge in [0.25, 0.3) is 0 Å². The van der Waals surface area contributed by atoms with Crippen LogP contribution >= 0.6 is 15.9 Å². The van der Waals surface area contributed by atoms with Crippen molar-refractivity contribution < 1.29 is 9.18 Å². The standard InChI is InChI=1S/C9H9BrFNO/c1-6(13)2-3-7-4-8(10)5-12-9(7)11/h4-5H,2-3H2,1H3. The molecule has 0 N–H and O–H groups in total. The monoisotopic (exact) mass is 245 g/mol. The molecule has 1 aromatic rings. The molecule has 1 rings (SSSR count). The van der Waals surface area contributed by atoms with Crippen LogP contribution in [-0.2, 0) is 11.2 Å². The van der Waals surface area contributed by atoms with Crippen molar-refractivity contribution in [1.82, 2.24) is 4.98 Å². The van der Waals surface area contributed by atoms with Gasteiger partial charge >= 0.3 is 0 Å². The molecule has 1 heterocycles. The third-order valence-corrected chi connectivity index (χ3v) is 2.06. The second-order valence-corrected chi connectivity index (χ2v) is 3.72. The maximum atomic E-state index is 13.0. The Morgan fingerprint density at radius 1 is 1.69 bits per heavy atom. The van der Waals surface area contributed by atoms with Crippen LogP contribution in [0.1, 0.15) is 18.9 Å². The average molecular weight is 246 g/mol. The zero-order valence-corrected chi connectivity index (χ0v) is 8.77. The second-order valence-electron chi connectivity index (χ2n) is 2.81. The van der Waals surface area contributed by atoms with Crippen LogP contribution < -0.4 is 0 Å². The molecule has 0 radical (unpaired) electrons. The van der Waals surface area contributed by atoms with Crippen LogP contribution in [0.4, 0.5) is 4.39 Å². The van der Waals surface area contributed by atoms with Crippen molar-refractivity contribution >= 4 is 21.7 Å². The lowest BCUT2D eigenvalue weighted by Crippen LogP contribution is -1.98. The van der Waals surface area contributed by atoms with Crippen molar-refractivity contribution in [2.45, 2.75) is 19.8 Å². The second kappa shape index (κ2) is 4.46. The molecule has 0 bridgehead atoms. The maximum absolute atomic E-state index is 13.0. The summed E-state index contributed by atoms with van der Waals surface area (Å²) in [5.74, 6) is -0.441. The largest absolute Gasteiger partial charge is 0.300 e. The number of carbonyl (C=O) groups is 1. The minimum absolute atomic E-state index is 0.0550. The molecule has 0 fully saturated rings. The van der Waals surface area contributed by atoms with Crippen molar-refractivity contribution in [3.8, 4) is 0 Å². The lowest BCUT2D eigenvalue weighted by atomic mass is 10.1. The molecule has 1 aromatic heterocycles. The summed E-state index contributed by atoms with van der Waals surface area (Å²) in [7, 11) is 0. The summed E-state index contributed by atoms with van der Waals surface area (Å²) >= 11 is 3.19. The minimum Gasteiger partial charge on any atom is -0.300 e. The van der Waals surface area contributed by atoms with Gasteiger partial charge in [0.05, 0.1) is 0 Å². The quantitative estimate of drug-likeness (QED) is 0.767. The van der Waals surface area contributed by atoms with Crippen LogP contribution in [0, 0.1) is 5.95 Å². The first-order valence-electron chi connectivity index (χ1n) is 3.89. The first kappa shape index (κ1) is 10.3. The topological polar surface area (TPSA) is 30.0 Å². The molecule has 4 heteroatoms. The smallest absolute Gasteiger partial charge is 0.216 e. The fourth-order valence-electron chi connectivity index (χ4n) is 0.951. The third kappa shape index (κ3) is 3.22. The van der Waals surface area contributed by atoms with Gasteiger partial charge in [0, 0.05) is 22.7 Å². The summed E-state index contributed by atoms with van der Waals surface area (Å²) in [6.07, 6.45) is 2.16. The maximum Gasteiger partial charge on any atom is 0.216 e. The number of aromatic nitrogens is 1. The molecule has 70 valence electrons. The molecule has 0 spiro atoms. The average Bonchev–Trinajstić information content (AvgIpc) is 2.06. The van der Waals surface area contributed by atoms with Crippen LogP contribution in [0.2, 0.25) is 0 Å². The van der Waals surface area contributed by atoms with E-state index in [-0.39, 0.29) is 5.78 Å². The Hall–Kier alpha value is -0.770. The van der Waals surface area contributed by atoms with Gasteiger partial charge in [-0.2, -0.15) is 4.39 Å². The molecule has 0 atom stereocenters. The Bertz CT molecular complexity index is 327. The SMILES string of the molecule is CC(=O)CCc1cc(Br)cnc1F. The lowest BCUT2D eigenvalue weighted by molar-refractivity contribution is -0.116. The summed E-state index contributed by atoms with van der Waals surface area (Å²) < 4.78 is 13.7. The molecule has 0 aromatic carbocycles. The van der Waals surface area contributed by atoms with Crippen molar-refractivity contribution in [2.24, 2.45) is 0 Å². The lowest BCUT2D eigenvalue weighted by Gasteiger charge is -2.00. The highest BCUT2D eigenvalue weighted by atomic mass is 79.9. The highest BCUT2D eigenvalue weighted by Gasteiger charge is 2.05. The Labute approximate surface area is 84.3 Å². The number of halogens is 2. The molecule has 2 nitrogen and oxygen atoms in total. The molecular formula is C9H9BrFNO. The van der Waals surface area contributed by atoms with Gasteiger partial charge in [0.15, 0.2) is 0 Å². The highest BCUT2D eigenvalue weighted by molar-refractivity contribution is 9.10. The highest BCUT2D eigenvalue weighted by Crippen LogP contribution is 2.14. The number of aryl methyl sites for hydroxylation is 1. The number of hydrogen-bond donors (Lipinski definition) is 0. The molecule has 0 saturated carbocycles. The molecule has 0 amide bonds. The molecule has 0 aliphatic carbocycles. The van der Waals surface area contributed by atoms with Gasteiger partial charge in [-0.05, 0) is 35.3 Å². The van der Waals surface area contributed by atoms with Crippen molar-refractivity contribution in [3.05, 3.63) is 28.2 Å². The number of carbonyl (C=O) groups excluding carboxylic acids is 1. The van der Waals surface area contributed by atoms with E-state index in [0.717, 1.165) is 4.47 Å². The van der Waals surface area contributed by atoms with E-state index in [1.165, 1.54) is 13.1 Å². The van der Waals surface area contributed by atoms with E-state index in [1.807, 2.05) is 0 Å². The van der Waals surface area contributed by atoms with Crippen LogP contribution in [-0.4, -0.2) is 10.8 Å². The van der Waals surface area contributed by atoms with Gasteiger partial charge < -0.3 is 4.79 Å². The van der Waals surface area contributed by atoms with Crippen molar-refractivity contribution in [3.63, 3.8) is 0 Å². The van der Waals surface area contributed by atoms with Crippen molar-refractivity contribution in [2.75, 3.05) is 0 Å². The Morgan fingerprint density at radius 3 is 3.00 bits per heavy atom. The number of hydrogen-bond acceptors (Lipinski definition) is 2.